The smallest absolute Gasteiger partial charge is 0.291 e. The number of rotatable bonds is 6. The molecule has 4 aromatic rings. The number of methoxy groups -OCH3 is 1. The van der Waals surface area contributed by atoms with Gasteiger partial charge in [-0.2, -0.15) is 0 Å². The number of carbonyl (C=O) groups excluding carboxylic acids is 2. The van der Waals surface area contributed by atoms with Gasteiger partial charge in [-0.3, -0.25) is 14.9 Å². The fourth-order valence-corrected chi connectivity index (χ4v) is 3.05. The third kappa shape index (κ3) is 4.48. The molecule has 2 N–H and O–H groups in total. The van der Waals surface area contributed by atoms with E-state index >= 15 is 0 Å². The van der Waals surface area contributed by atoms with Crippen LogP contribution >= 0.6 is 0 Å². The first-order valence-corrected chi connectivity index (χ1v) is 9.49. The number of aromatic nitrogens is 2. The van der Waals surface area contributed by atoms with Crippen LogP contribution in [-0.4, -0.2) is 28.5 Å². The Morgan fingerprint density at radius 3 is 2.48 bits per heavy atom. The van der Waals surface area contributed by atoms with Crippen molar-refractivity contribution >= 4 is 23.4 Å². The zero-order valence-corrected chi connectivity index (χ0v) is 17.0. The molecule has 156 valence electrons. The molecule has 2 heterocycles. The van der Waals surface area contributed by atoms with Crippen molar-refractivity contribution < 1.29 is 18.7 Å². The predicted molar refractivity (Wildman–Crippen MR) is 116 cm³/mol. The molecule has 8 nitrogen and oxygen atoms in total. The molecule has 0 spiro atoms. The molecular weight excluding hydrogens is 396 g/mol. The predicted octanol–water partition coefficient (Wildman–Crippen LogP) is 4.29. The maximum atomic E-state index is 12.5. The molecule has 2 aromatic heterocycles. The molecule has 0 fully saturated rings. The van der Waals surface area contributed by atoms with Crippen LogP contribution in [0.15, 0.2) is 77.7 Å². The average molecular weight is 416 g/mol. The Labute approximate surface area is 178 Å². The molecule has 8 heteroatoms. The molecule has 4 rings (SSSR count). The average Bonchev–Trinajstić information content (AvgIpc) is 3.46. The number of furan rings is 1. The lowest BCUT2D eigenvalue weighted by Gasteiger charge is -2.08. The maximum Gasteiger partial charge on any atom is 0.291 e. The van der Waals surface area contributed by atoms with Crippen molar-refractivity contribution in [2.24, 2.45) is 0 Å². The van der Waals surface area contributed by atoms with Gasteiger partial charge in [-0.25, -0.2) is 4.98 Å². The van der Waals surface area contributed by atoms with E-state index in [1.165, 1.54) is 12.1 Å². The van der Waals surface area contributed by atoms with Crippen LogP contribution in [0.1, 0.15) is 26.5 Å². The normalized spacial score (nSPS) is 10.5. The molecule has 0 bridgehead atoms. The summed E-state index contributed by atoms with van der Waals surface area (Å²) in [7, 11) is 1.57. The number of imidazole rings is 1. The number of benzene rings is 2. The molecule has 0 saturated carbocycles. The highest BCUT2D eigenvalue weighted by Crippen LogP contribution is 2.20. The number of hydrogen-bond acceptors (Lipinski definition) is 5. The van der Waals surface area contributed by atoms with Gasteiger partial charge in [0.1, 0.15) is 5.75 Å². The fraction of sp³-hybridized carbons (Fsp3) is 0.0870. The zero-order valence-electron chi connectivity index (χ0n) is 17.0. The molecule has 2 amide bonds. The highest BCUT2D eigenvalue weighted by molar-refractivity contribution is 6.06. The Morgan fingerprint density at radius 2 is 1.81 bits per heavy atom. The van der Waals surface area contributed by atoms with Gasteiger partial charge in [0.15, 0.2) is 5.76 Å². The van der Waals surface area contributed by atoms with E-state index in [1.54, 1.807) is 50.0 Å². The molecule has 0 aliphatic carbocycles. The van der Waals surface area contributed by atoms with Crippen LogP contribution in [0.5, 0.6) is 5.75 Å². The lowest BCUT2D eigenvalue weighted by atomic mass is 10.1. The van der Waals surface area contributed by atoms with Crippen LogP contribution in [0.3, 0.4) is 0 Å². The summed E-state index contributed by atoms with van der Waals surface area (Å²) in [4.78, 5) is 29.0. The number of hydrogen-bond donors (Lipinski definition) is 2. The number of ether oxygens (including phenoxy) is 1. The first-order chi connectivity index (χ1) is 15.0. The van der Waals surface area contributed by atoms with Crippen molar-refractivity contribution in [1.29, 1.82) is 0 Å². The number of anilines is 2. The molecule has 0 radical (unpaired) electrons. The molecule has 0 aliphatic heterocycles. The second kappa shape index (κ2) is 8.58. The SMILES string of the molecule is COc1ccc(C(=O)Nc2ccc(C(=O)Nc3ccc(-n4ccnc4)cc3)o2)c(C)c1. The number of nitrogens with zero attached hydrogens (tertiary/aromatic N) is 2. The lowest BCUT2D eigenvalue weighted by molar-refractivity contribution is 0.0988. The van der Waals surface area contributed by atoms with Crippen molar-refractivity contribution in [3.8, 4) is 11.4 Å². The van der Waals surface area contributed by atoms with E-state index in [1.807, 2.05) is 29.8 Å². The number of aryl methyl sites for hydroxylation is 1. The van der Waals surface area contributed by atoms with E-state index in [0.717, 1.165) is 11.3 Å². The van der Waals surface area contributed by atoms with Crippen LogP contribution in [0.4, 0.5) is 11.6 Å². The highest BCUT2D eigenvalue weighted by Gasteiger charge is 2.15. The van der Waals surface area contributed by atoms with Crippen molar-refractivity contribution in [3.63, 3.8) is 0 Å². The molecule has 0 unspecified atom stereocenters. The fourth-order valence-electron chi connectivity index (χ4n) is 3.05. The van der Waals surface area contributed by atoms with E-state index in [-0.39, 0.29) is 17.6 Å². The van der Waals surface area contributed by atoms with Gasteiger partial charge in [0.25, 0.3) is 11.8 Å². The van der Waals surface area contributed by atoms with E-state index in [2.05, 4.69) is 15.6 Å². The second-order valence-electron chi connectivity index (χ2n) is 6.77. The van der Waals surface area contributed by atoms with Crippen molar-refractivity contribution in [1.82, 2.24) is 9.55 Å². The summed E-state index contributed by atoms with van der Waals surface area (Å²) >= 11 is 0. The van der Waals surface area contributed by atoms with Crippen LogP contribution in [0.25, 0.3) is 5.69 Å². The first-order valence-electron chi connectivity index (χ1n) is 9.49. The van der Waals surface area contributed by atoms with Gasteiger partial charge >= 0.3 is 0 Å². The largest absolute Gasteiger partial charge is 0.497 e. The topological polar surface area (TPSA) is 98.4 Å². The summed E-state index contributed by atoms with van der Waals surface area (Å²) in [5.74, 6) is 0.179. The van der Waals surface area contributed by atoms with Gasteiger partial charge in [-0.05, 0) is 61.0 Å². The molecule has 0 saturated heterocycles. The Bertz CT molecular complexity index is 1210. The minimum Gasteiger partial charge on any atom is -0.497 e. The second-order valence-corrected chi connectivity index (χ2v) is 6.77. The van der Waals surface area contributed by atoms with Crippen LogP contribution in [0, 0.1) is 6.92 Å². The quantitative estimate of drug-likeness (QED) is 0.489. The maximum absolute atomic E-state index is 12.5. The minimum atomic E-state index is -0.420. The van der Waals surface area contributed by atoms with E-state index in [9.17, 15) is 9.59 Å². The third-order valence-corrected chi connectivity index (χ3v) is 4.67. The number of amides is 2. The lowest BCUT2D eigenvalue weighted by Crippen LogP contribution is -2.13. The summed E-state index contributed by atoms with van der Waals surface area (Å²) in [5.41, 5.74) is 2.79. The van der Waals surface area contributed by atoms with E-state index in [4.69, 9.17) is 9.15 Å². The van der Waals surface area contributed by atoms with Gasteiger partial charge in [0.2, 0.25) is 5.88 Å². The van der Waals surface area contributed by atoms with Crippen LogP contribution in [0.2, 0.25) is 0 Å². The Morgan fingerprint density at radius 1 is 1.00 bits per heavy atom. The number of nitrogens with one attached hydrogen (secondary N) is 2. The molecular formula is C23H20N4O4. The summed E-state index contributed by atoms with van der Waals surface area (Å²) in [6.45, 7) is 1.82. The first kappa shape index (κ1) is 20.0. The molecule has 2 aromatic carbocycles. The zero-order chi connectivity index (χ0) is 21.8. The number of carbonyl (C=O) groups is 2. The van der Waals surface area contributed by atoms with Gasteiger partial charge < -0.3 is 19.0 Å². The van der Waals surface area contributed by atoms with Crippen LogP contribution < -0.4 is 15.4 Å². The van der Waals surface area contributed by atoms with Crippen molar-refractivity contribution in [2.45, 2.75) is 6.92 Å². The van der Waals surface area contributed by atoms with Gasteiger partial charge in [-0.15, -0.1) is 0 Å². The van der Waals surface area contributed by atoms with Gasteiger partial charge in [0, 0.05) is 35.4 Å². The standard InChI is InChI=1S/C23H20N4O4/c1-15-13-18(30-2)7-8-19(15)22(28)26-21-10-9-20(31-21)23(29)25-16-3-5-17(6-4-16)27-12-11-24-14-27/h3-14H,1-2H3,(H,25,29)(H,26,28). The third-order valence-electron chi connectivity index (χ3n) is 4.67. The Hall–Kier alpha value is -4.33. The minimum absolute atomic E-state index is 0.0837. The van der Waals surface area contributed by atoms with Gasteiger partial charge in [0.05, 0.1) is 13.4 Å². The van der Waals surface area contributed by atoms with Crippen LogP contribution in [-0.2, 0) is 0 Å². The molecule has 31 heavy (non-hydrogen) atoms. The van der Waals surface area contributed by atoms with Gasteiger partial charge in [-0.1, -0.05) is 0 Å². The Balaban J connectivity index is 1.40. The van der Waals surface area contributed by atoms with Crippen molar-refractivity contribution in [3.05, 3.63) is 90.2 Å². The summed E-state index contributed by atoms with van der Waals surface area (Å²) < 4.78 is 12.5. The summed E-state index contributed by atoms with van der Waals surface area (Å²) in [5, 5.41) is 5.43. The monoisotopic (exact) mass is 416 g/mol. The summed E-state index contributed by atoms with van der Waals surface area (Å²) in [6, 6.07) is 15.5. The van der Waals surface area contributed by atoms with Crippen molar-refractivity contribution in [2.75, 3.05) is 17.7 Å². The molecule has 0 atom stereocenters. The van der Waals surface area contributed by atoms with E-state index < -0.39 is 5.91 Å². The Kier molecular flexibility index (Phi) is 5.53. The summed E-state index contributed by atoms with van der Waals surface area (Å²) in [6.07, 6.45) is 5.22. The highest BCUT2D eigenvalue weighted by atomic mass is 16.5. The molecule has 0 aliphatic rings. The van der Waals surface area contributed by atoms with E-state index in [0.29, 0.717) is 17.0 Å².